The molecule has 2 heterocycles. The van der Waals surface area contributed by atoms with Crippen LogP contribution in [0.4, 0.5) is 0 Å². The van der Waals surface area contributed by atoms with E-state index in [1.807, 2.05) is 24.3 Å². The van der Waals surface area contributed by atoms with Gasteiger partial charge in [0.05, 0.1) is 16.0 Å². The molecule has 1 aromatic carbocycles. The van der Waals surface area contributed by atoms with Gasteiger partial charge < -0.3 is 4.84 Å². The zero-order valence-corrected chi connectivity index (χ0v) is 10.3. The van der Waals surface area contributed by atoms with Gasteiger partial charge in [-0.15, -0.1) is 11.3 Å². The van der Waals surface area contributed by atoms with Crippen molar-refractivity contribution >= 4 is 36.4 Å². The van der Waals surface area contributed by atoms with Crippen LogP contribution in [0.5, 0.6) is 0 Å². The summed E-state index contributed by atoms with van der Waals surface area (Å²) in [6.45, 7) is 0.108. The van der Waals surface area contributed by atoms with Crippen molar-refractivity contribution < 1.29 is 13.3 Å². The van der Waals surface area contributed by atoms with E-state index in [0.29, 0.717) is 5.01 Å². The number of benzene rings is 1. The van der Waals surface area contributed by atoms with Gasteiger partial charge in [0, 0.05) is 0 Å². The van der Waals surface area contributed by atoms with Crippen LogP contribution >= 0.6 is 11.3 Å². The van der Waals surface area contributed by atoms with E-state index in [4.69, 9.17) is 4.84 Å². The molecule has 17 heavy (non-hydrogen) atoms. The Morgan fingerprint density at radius 1 is 1.29 bits per heavy atom. The van der Waals surface area contributed by atoms with E-state index in [9.17, 15) is 8.42 Å². The standard InChI is InChI=1S/C10H8N2O3S2/c13-17(14)6-5-15-12-10(17)9-11-7-3-1-2-4-8(7)16-9/h1-4H,5-6H2. The predicted molar refractivity (Wildman–Crippen MR) is 65.9 cm³/mol. The summed E-state index contributed by atoms with van der Waals surface area (Å²) in [5, 5.41) is 3.97. The van der Waals surface area contributed by atoms with Crippen molar-refractivity contribution in [2.75, 3.05) is 12.4 Å². The molecule has 88 valence electrons. The molecule has 0 aliphatic carbocycles. The maximum atomic E-state index is 11.8. The number of thiazole rings is 1. The summed E-state index contributed by atoms with van der Waals surface area (Å²) in [6.07, 6.45) is 0. The molecule has 0 spiro atoms. The van der Waals surface area contributed by atoms with Crippen LogP contribution < -0.4 is 0 Å². The van der Waals surface area contributed by atoms with Gasteiger partial charge in [-0.2, -0.15) is 0 Å². The summed E-state index contributed by atoms with van der Waals surface area (Å²) >= 11 is 1.31. The molecule has 1 aliphatic heterocycles. The SMILES string of the molecule is O=S1(=O)CCON=C1c1nc2ccccc2s1. The Morgan fingerprint density at radius 2 is 2.12 bits per heavy atom. The maximum Gasteiger partial charge on any atom is 0.230 e. The lowest BCUT2D eigenvalue weighted by atomic mass is 10.3. The Kier molecular flexibility index (Phi) is 2.37. The van der Waals surface area contributed by atoms with Crippen molar-refractivity contribution in [1.82, 2.24) is 4.98 Å². The normalized spacial score (nSPS) is 18.7. The molecule has 3 rings (SSSR count). The van der Waals surface area contributed by atoms with Crippen LogP contribution in [0.25, 0.3) is 10.2 Å². The molecule has 0 saturated carbocycles. The lowest BCUT2D eigenvalue weighted by Gasteiger charge is -2.09. The number of sulfone groups is 1. The number of rotatable bonds is 1. The van der Waals surface area contributed by atoms with Crippen LogP contribution in [0.2, 0.25) is 0 Å². The van der Waals surface area contributed by atoms with E-state index in [-0.39, 0.29) is 17.4 Å². The molecule has 0 bridgehead atoms. The van der Waals surface area contributed by atoms with Gasteiger partial charge in [-0.1, -0.05) is 17.3 Å². The summed E-state index contributed by atoms with van der Waals surface area (Å²) < 4.78 is 24.6. The third-order valence-corrected chi connectivity index (χ3v) is 5.10. The first kappa shape index (κ1) is 10.7. The Hall–Kier alpha value is -1.47. The number of para-hydroxylation sites is 1. The van der Waals surface area contributed by atoms with E-state index < -0.39 is 9.84 Å². The smallest absolute Gasteiger partial charge is 0.230 e. The van der Waals surface area contributed by atoms with Gasteiger partial charge in [0.1, 0.15) is 6.61 Å². The van der Waals surface area contributed by atoms with Crippen LogP contribution in [0, 0.1) is 0 Å². The lowest BCUT2D eigenvalue weighted by molar-refractivity contribution is 0.158. The number of hydrogen-bond acceptors (Lipinski definition) is 6. The van der Waals surface area contributed by atoms with Crippen LogP contribution in [-0.4, -0.2) is 30.8 Å². The van der Waals surface area contributed by atoms with Gasteiger partial charge in [0.2, 0.25) is 14.9 Å². The molecular formula is C10H8N2O3S2. The molecule has 0 unspecified atom stereocenters. The Bertz CT molecular complexity index is 670. The summed E-state index contributed by atoms with van der Waals surface area (Å²) in [4.78, 5) is 9.10. The highest BCUT2D eigenvalue weighted by atomic mass is 32.2. The summed E-state index contributed by atoms with van der Waals surface area (Å²) in [5.74, 6) is -0.0399. The molecule has 0 radical (unpaired) electrons. The second kappa shape index (κ2) is 3.78. The fraction of sp³-hybridized carbons (Fsp3) is 0.200. The Morgan fingerprint density at radius 3 is 2.88 bits per heavy atom. The molecule has 2 aromatic rings. The Balaban J connectivity index is 2.18. The van der Waals surface area contributed by atoms with Crippen LogP contribution in [0.3, 0.4) is 0 Å². The summed E-state index contributed by atoms with van der Waals surface area (Å²) in [6, 6.07) is 7.48. The van der Waals surface area contributed by atoms with Crippen molar-refractivity contribution in [2.45, 2.75) is 0 Å². The number of oxime groups is 1. The van der Waals surface area contributed by atoms with Crippen LogP contribution in [-0.2, 0) is 14.7 Å². The van der Waals surface area contributed by atoms with Gasteiger partial charge in [-0.3, -0.25) is 0 Å². The van der Waals surface area contributed by atoms with Gasteiger partial charge in [0.15, 0.2) is 5.01 Å². The van der Waals surface area contributed by atoms with E-state index in [0.717, 1.165) is 10.2 Å². The molecule has 1 aromatic heterocycles. The van der Waals surface area contributed by atoms with E-state index in [1.54, 1.807) is 0 Å². The quantitative estimate of drug-likeness (QED) is 0.784. The molecule has 7 heteroatoms. The van der Waals surface area contributed by atoms with E-state index in [1.165, 1.54) is 11.3 Å². The minimum atomic E-state index is -3.35. The summed E-state index contributed by atoms with van der Waals surface area (Å²) in [7, 11) is -3.35. The second-order valence-corrected chi connectivity index (χ2v) is 6.59. The molecule has 0 amide bonds. The van der Waals surface area contributed by atoms with Gasteiger partial charge in [-0.25, -0.2) is 13.4 Å². The first-order valence-electron chi connectivity index (χ1n) is 4.95. The maximum absolute atomic E-state index is 11.8. The van der Waals surface area contributed by atoms with Crippen LogP contribution in [0.15, 0.2) is 29.4 Å². The predicted octanol–water partition coefficient (Wildman–Crippen LogP) is 1.40. The fourth-order valence-corrected chi connectivity index (χ4v) is 3.85. The number of hydrogen-bond donors (Lipinski definition) is 0. The van der Waals surface area contributed by atoms with Crippen molar-refractivity contribution in [3.63, 3.8) is 0 Å². The van der Waals surface area contributed by atoms with Gasteiger partial charge in [0.25, 0.3) is 0 Å². The summed E-state index contributed by atoms with van der Waals surface area (Å²) in [5.41, 5.74) is 0.774. The van der Waals surface area contributed by atoms with Crippen molar-refractivity contribution in [3.8, 4) is 0 Å². The lowest BCUT2D eigenvalue weighted by Crippen LogP contribution is -2.26. The monoisotopic (exact) mass is 268 g/mol. The highest BCUT2D eigenvalue weighted by Crippen LogP contribution is 2.24. The molecule has 1 aliphatic rings. The van der Waals surface area contributed by atoms with Crippen molar-refractivity contribution in [3.05, 3.63) is 29.3 Å². The zero-order valence-electron chi connectivity index (χ0n) is 8.66. The highest BCUT2D eigenvalue weighted by molar-refractivity contribution is 8.07. The molecule has 5 nitrogen and oxygen atoms in total. The molecule has 0 N–H and O–H groups in total. The first-order valence-corrected chi connectivity index (χ1v) is 7.42. The third kappa shape index (κ3) is 1.81. The molecule has 0 saturated heterocycles. The number of nitrogens with zero attached hydrogens (tertiary/aromatic N) is 2. The zero-order chi connectivity index (χ0) is 11.9. The third-order valence-electron chi connectivity index (χ3n) is 2.36. The van der Waals surface area contributed by atoms with E-state index >= 15 is 0 Å². The molecule has 0 fully saturated rings. The van der Waals surface area contributed by atoms with E-state index in [2.05, 4.69) is 10.1 Å². The molecular weight excluding hydrogens is 260 g/mol. The van der Waals surface area contributed by atoms with Gasteiger partial charge in [-0.05, 0) is 12.1 Å². The topological polar surface area (TPSA) is 68.6 Å². The van der Waals surface area contributed by atoms with Crippen molar-refractivity contribution in [2.24, 2.45) is 5.16 Å². The highest BCUT2D eigenvalue weighted by Gasteiger charge is 2.28. The number of fused-ring (bicyclic) bond motifs is 1. The van der Waals surface area contributed by atoms with Crippen LogP contribution in [0.1, 0.15) is 5.01 Å². The minimum absolute atomic E-state index is 0.0399. The minimum Gasteiger partial charge on any atom is -0.394 e. The average molecular weight is 268 g/mol. The largest absolute Gasteiger partial charge is 0.394 e. The fourth-order valence-electron chi connectivity index (χ4n) is 1.54. The number of aromatic nitrogens is 1. The van der Waals surface area contributed by atoms with Crippen molar-refractivity contribution in [1.29, 1.82) is 0 Å². The molecule has 0 atom stereocenters. The second-order valence-electron chi connectivity index (χ2n) is 3.54. The average Bonchev–Trinajstić information content (AvgIpc) is 2.71. The Labute approximate surface area is 102 Å². The van der Waals surface area contributed by atoms with Gasteiger partial charge >= 0.3 is 0 Å². The first-order chi connectivity index (χ1) is 8.17.